The van der Waals surface area contributed by atoms with Gasteiger partial charge in [-0.15, -0.1) is 0 Å². The van der Waals surface area contributed by atoms with Crippen LogP contribution in [0.2, 0.25) is 0 Å². The quantitative estimate of drug-likeness (QED) is 0.147. The number of hydrogen-bond donors (Lipinski definition) is 3. The van der Waals surface area contributed by atoms with E-state index in [1.165, 1.54) is 10.7 Å². The van der Waals surface area contributed by atoms with E-state index in [1.54, 1.807) is 55.5 Å². The molecule has 3 N–H and O–H groups in total. The number of hydrogen-bond acceptors (Lipinski definition) is 9. The molecule has 4 aromatic rings. The number of carbonyl (C=O) groups is 1. The molecule has 1 aromatic heterocycles. The number of anilines is 2. The zero-order chi connectivity index (χ0) is 28.3. The normalized spacial score (nSPS) is 12.2. The first-order valence-corrected chi connectivity index (χ1v) is 13.8. The van der Waals surface area contributed by atoms with Crippen molar-refractivity contribution in [1.82, 2.24) is 20.2 Å². The van der Waals surface area contributed by atoms with Gasteiger partial charge in [-0.1, -0.05) is 34.6 Å². The number of para-hydroxylation sites is 1. The summed E-state index contributed by atoms with van der Waals surface area (Å²) in [5, 5.41) is 12.9. The van der Waals surface area contributed by atoms with Crippen LogP contribution in [-0.4, -0.2) is 56.2 Å². The molecule has 2 atom stereocenters. The summed E-state index contributed by atoms with van der Waals surface area (Å²) in [6.45, 7) is 4.69. The third-order valence-corrected chi connectivity index (χ3v) is 6.27. The molecule has 0 radical (unpaired) electrons. The number of rotatable bonds is 14. The fourth-order valence-corrected chi connectivity index (χ4v) is 4.24. The molecule has 1 heterocycles. The minimum Gasteiger partial charge on any atom is -0.487 e. The Morgan fingerprint density at radius 1 is 1.05 bits per heavy atom. The maximum atomic E-state index is 13.0. The number of carbonyl (C=O) groups excluding carboxylic acids is 1. The summed E-state index contributed by atoms with van der Waals surface area (Å²) in [5.74, 6) is 0.671. The van der Waals surface area contributed by atoms with E-state index < -0.39 is 17.4 Å². The Labute approximate surface area is 238 Å². The molecule has 0 saturated carbocycles. The molecule has 0 aliphatic heterocycles. The lowest BCUT2D eigenvalue weighted by molar-refractivity contribution is -0.122. The summed E-state index contributed by atoms with van der Waals surface area (Å²) in [6.07, 6.45) is -0.768. The molecule has 210 valence electrons. The lowest BCUT2D eigenvalue weighted by Crippen LogP contribution is -2.30. The van der Waals surface area contributed by atoms with E-state index in [9.17, 15) is 9.00 Å². The second-order valence-corrected chi connectivity index (χ2v) is 9.36. The number of benzene rings is 3. The molecule has 0 fully saturated rings. The van der Waals surface area contributed by atoms with E-state index >= 15 is 0 Å². The largest absolute Gasteiger partial charge is 0.487 e. The van der Waals surface area contributed by atoms with Crippen molar-refractivity contribution < 1.29 is 27.4 Å². The standard InChI is InChI=1S/C26H28N6O6S2/c1-3-35-14-15-36-23-13-12-19(27-25(33)18(2)37-22-10-5-4-6-11-22)17-24(23)38-40(34)29-20-8-7-9-21(16-20)32-26(39)28-30-31-32/h4-13,16-18,29H,3,14-15H2,1-2H3,(H,27,33)(H,28,31,39). The second kappa shape index (κ2) is 14.2. The average molecular weight is 585 g/mol. The molecule has 1 amide bonds. The highest BCUT2D eigenvalue weighted by Gasteiger charge is 2.17. The Kier molecular flexibility index (Phi) is 10.2. The van der Waals surface area contributed by atoms with Crippen LogP contribution < -0.4 is 23.7 Å². The molecule has 2 unspecified atom stereocenters. The van der Waals surface area contributed by atoms with E-state index in [4.69, 9.17) is 30.6 Å². The Hall–Kier alpha value is -4.27. The summed E-state index contributed by atoms with van der Waals surface area (Å²) >= 11 is 3.10. The van der Waals surface area contributed by atoms with Gasteiger partial charge in [-0.3, -0.25) is 9.52 Å². The van der Waals surface area contributed by atoms with Crippen molar-refractivity contribution in [2.75, 3.05) is 29.9 Å². The Bertz CT molecular complexity index is 1500. The van der Waals surface area contributed by atoms with Gasteiger partial charge in [0.1, 0.15) is 12.4 Å². The average Bonchev–Trinajstić information content (AvgIpc) is 3.38. The van der Waals surface area contributed by atoms with Crippen molar-refractivity contribution in [2.24, 2.45) is 0 Å². The molecule has 0 saturated heterocycles. The molecule has 0 bridgehead atoms. The highest BCUT2D eigenvalue weighted by Crippen LogP contribution is 2.32. The summed E-state index contributed by atoms with van der Waals surface area (Å²) in [7, 11) is 0. The maximum absolute atomic E-state index is 13.0. The third kappa shape index (κ3) is 8.11. The Balaban J connectivity index is 1.46. The van der Waals surface area contributed by atoms with Crippen LogP contribution in [-0.2, 0) is 20.8 Å². The molecule has 40 heavy (non-hydrogen) atoms. The van der Waals surface area contributed by atoms with E-state index in [-0.39, 0.29) is 23.0 Å². The van der Waals surface area contributed by atoms with Crippen molar-refractivity contribution >= 4 is 40.8 Å². The molecular weight excluding hydrogens is 556 g/mol. The van der Waals surface area contributed by atoms with Crippen LogP contribution in [0.15, 0.2) is 72.8 Å². The van der Waals surface area contributed by atoms with Gasteiger partial charge in [0.15, 0.2) is 17.6 Å². The monoisotopic (exact) mass is 584 g/mol. The Morgan fingerprint density at radius 2 is 1.88 bits per heavy atom. The van der Waals surface area contributed by atoms with Gasteiger partial charge in [0.05, 0.1) is 18.0 Å². The number of ether oxygens (including phenoxy) is 3. The van der Waals surface area contributed by atoms with Gasteiger partial charge in [0.2, 0.25) is 4.77 Å². The fraction of sp³-hybridized carbons (Fsp3) is 0.231. The lowest BCUT2D eigenvalue weighted by Gasteiger charge is -2.17. The van der Waals surface area contributed by atoms with Gasteiger partial charge >= 0.3 is 11.3 Å². The molecule has 14 heteroatoms. The molecular formula is C26H28N6O6S2. The maximum Gasteiger partial charge on any atom is 0.316 e. The SMILES string of the molecule is CCOCCOc1ccc(NC(=O)C(C)Oc2ccccc2)cc1OS(=O)Nc1cccc(-n2[nH]nnc2=S)c1. The summed E-state index contributed by atoms with van der Waals surface area (Å²) < 4.78 is 40.0. The number of amides is 1. The van der Waals surface area contributed by atoms with Crippen LogP contribution in [0.5, 0.6) is 17.2 Å². The smallest absolute Gasteiger partial charge is 0.316 e. The van der Waals surface area contributed by atoms with Crippen molar-refractivity contribution in [1.29, 1.82) is 0 Å². The minimum atomic E-state index is -2.03. The highest BCUT2D eigenvalue weighted by molar-refractivity contribution is 7.82. The molecule has 3 aromatic carbocycles. The van der Waals surface area contributed by atoms with E-state index in [2.05, 4.69) is 25.6 Å². The summed E-state index contributed by atoms with van der Waals surface area (Å²) in [5.41, 5.74) is 1.52. The predicted octanol–water partition coefficient (Wildman–Crippen LogP) is 4.22. The first-order valence-electron chi connectivity index (χ1n) is 12.3. The van der Waals surface area contributed by atoms with Gasteiger partial charge in [-0.25, -0.2) is 4.68 Å². The molecule has 4 rings (SSSR count). The zero-order valence-corrected chi connectivity index (χ0v) is 23.4. The van der Waals surface area contributed by atoms with Crippen LogP contribution in [0.3, 0.4) is 0 Å². The van der Waals surface area contributed by atoms with Crippen LogP contribution >= 0.6 is 12.2 Å². The Morgan fingerprint density at radius 3 is 2.62 bits per heavy atom. The van der Waals surface area contributed by atoms with Crippen LogP contribution in [0.1, 0.15) is 13.8 Å². The van der Waals surface area contributed by atoms with Crippen molar-refractivity contribution in [2.45, 2.75) is 20.0 Å². The zero-order valence-electron chi connectivity index (χ0n) is 21.7. The highest BCUT2D eigenvalue weighted by atomic mass is 32.2. The van der Waals surface area contributed by atoms with Gasteiger partial charge in [0, 0.05) is 18.4 Å². The third-order valence-electron chi connectivity index (χ3n) is 5.27. The number of tetrazole rings is 1. The first kappa shape index (κ1) is 28.7. The topological polar surface area (TPSA) is 142 Å². The van der Waals surface area contributed by atoms with Gasteiger partial charge in [0.25, 0.3) is 5.91 Å². The van der Waals surface area contributed by atoms with Crippen molar-refractivity contribution in [3.05, 3.63) is 77.6 Å². The minimum absolute atomic E-state index is 0.146. The number of nitrogens with zero attached hydrogens (tertiary/aromatic N) is 3. The van der Waals surface area contributed by atoms with E-state index in [0.717, 1.165) is 0 Å². The van der Waals surface area contributed by atoms with Crippen molar-refractivity contribution in [3.8, 4) is 22.9 Å². The van der Waals surface area contributed by atoms with Gasteiger partial charge < -0.3 is 23.7 Å². The van der Waals surface area contributed by atoms with Crippen molar-refractivity contribution in [3.63, 3.8) is 0 Å². The van der Waals surface area contributed by atoms with Crippen LogP contribution in [0.25, 0.3) is 5.69 Å². The number of nitrogens with one attached hydrogen (secondary N) is 3. The number of H-pyrrole nitrogens is 1. The summed E-state index contributed by atoms with van der Waals surface area (Å²) in [4.78, 5) is 12.8. The van der Waals surface area contributed by atoms with E-state index in [0.29, 0.717) is 41.8 Å². The molecule has 12 nitrogen and oxygen atoms in total. The van der Waals surface area contributed by atoms with Gasteiger partial charge in [-0.2, -0.15) is 9.42 Å². The summed E-state index contributed by atoms with van der Waals surface area (Å²) in [6, 6.07) is 20.8. The molecule has 0 aliphatic rings. The fourth-order valence-electron chi connectivity index (χ4n) is 3.40. The first-order chi connectivity index (χ1) is 19.4. The van der Waals surface area contributed by atoms with Gasteiger partial charge in [-0.05, 0) is 68.5 Å². The molecule has 0 spiro atoms. The van der Waals surface area contributed by atoms with Crippen LogP contribution in [0, 0.1) is 4.77 Å². The predicted molar refractivity (Wildman–Crippen MR) is 153 cm³/mol. The van der Waals surface area contributed by atoms with Crippen LogP contribution in [0.4, 0.5) is 11.4 Å². The lowest BCUT2D eigenvalue weighted by atomic mass is 10.2. The molecule has 0 aliphatic carbocycles. The number of aromatic nitrogens is 4. The second-order valence-electron chi connectivity index (χ2n) is 8.16. The van der Waals surface area contributed by atoms with E-state index in [1.807, 2.05) is 25.1 Å². The number of aromatic amines is 1.